The first-order valence-electron chi connectivity index (χ1n) is 10.7. The molecule has 0 aliphatic heterocycles. The van der Waals surface area contributed by atoms with Crippen LogP contribution in [0.3, 0.4) is 0 Å². The van der Waals surface area contributed by atoms with Gasteiger partial charge >= 0.3 is 5.97 Å². The van der Waals surface area contributed by atoms with Gasteiger partial charge in [0.2, 0.25) is 18.2 Å². The molecular weight excluding hydrogens is 430 g/mol. The molecule has 1 aromatic rings. The fraction of sp³-hybridized carbons (Fsp3) is 0.565. The zero-order valence-corrected chi connectivity index (χ0v) is 20.1. The second kappa shape index (κ2) is 15.3. The van der Waals surface area contributed by atoms with E-state index in [1.165, 1.54) is 6.92 Å². The quantitative estimate of drug-likeness (QED) is 0.268. The zero-order chi connectivity index (χ0) is 23.9. The van der Waals surface area contributed by atoms with Gasteiger partial charge in [-0.15, -0.1) is 0 Å². The molecule has 1 aromatic carbocycles. The molecule has 9 heteroatoms. The number of esters is 1. The van der Waals surface area contributed by atoms with E-state index < -0.39 is 30.0 Å². The number of rotatable bonds is 15. The number of hydrogen-bond donors (Lipinski definition) is 3. The molecule has 0 saturated carbocycles. The molecule has 0 heterocycles. The molecular formula is C23H35N3O5S. The lowest BCUT2D eigenvalue weighted by molar-refractivity contribution is -0.142. The molecule has 0 aromatic heterocycles. The van der Waals surface area contributed by atoms with Crippen molar-refractivity contribution < 1.29 is 23.9 Å². The molecule has 0 aliphatic rings. The largest absolute Gasteiger partial charge is 0.464 e. The monoisotopic (exact) mass is 465 g/mol. The standard InChI is InChI=1S/C23H35N3O5S/c1-16(2)12-21(26-22(29)20(24-15-27)10-11-32-4)23(30)25-19(14-31-17(3)28)13-18-8-6-5-7-9-18/h5-9,15-16,19-21H,10-14H2,1-4H3,(H,24,27)(H,25,30)(H,26,29)/t19-,20-,21-/m0/s1. The van der Waals surface area contributed by atoms with E-state index in [0.29, 0.717) is 31.4 Å². The van der Waals surface area contributed by atoms with Crippen molar-refractivity contribution in [2.24, 2.45) is 5.92 Å². The minimum atomic E-state index is -0.775. The Morgan fingerprint density at radius 1 is 1.06 bits per heavy atom. The van der Waals surface area contributed by atoms with Crippen LogP contribution in [0.1, 0.15) is 39.2 Å². The number of nitrogens with one attached hydrogen (secondary N) is 3. The molecule has 0 radical (unpaired) electrons. The van der Waals surface area contributed by atoms with Gasteiger partial charge in [0.05, 0.1) is 6.04 Å². The van der Waals surface area contributed by atoms with Crippen LogP contribution >= 0.6 is 11.8 Å². The number of hydrogen-bond acceptors (Lipinski definition) is 6. The van der Waals surface area contributed by atoms with Crippen LogP contribution < -0.4 is 16.0 Å². The summed E-state index contributed by atoms with van der Waals surface area (Å²) in [7, 11) is 0. The molecule has 0 saturated heterocycles. The van der Waals surface area contributed by atoms with Gasteiger partial charge in [-0.1, -0.05) is 44.2 Å². The van der Waals surface area contributed by atoms with E-state index in [1.807, 2.05) is 50.4 Å². The second-order valence-electron chi connectivity index (χ2n) is 8.01. The number of ether oxygens (including phenoxy) is 1. The molecule has 1 rings (SSSR count). The average Bonchev–Trinajstić information content (AvgIpc) is 2.74. The lowest BCUT2D eigenvalue weighted by Gasteiger charge is -2.26. The summed E-state index contributed by atoms with van der Waals surface area (Å²) in [5.74, 6) is -0.334. The number of thioether (sulfide) groups is 1. The Hall–Kier alpha value is -2.55. The number of carbonyl (C=O) groups excluding carboxylic acids is 4. The number of amides is 3. The van der Waals surface area contributed by atoms with Crippen LogP contribution in [0.25, 0.3) is 0 Å². The summed E-state index contributed by atoms with van der Waals surface area (Å²) in [5, 5.41) is 8.23. The highest BCUT2D eigenvalue weighted by Gasteiger charge is 2.27. The molecule has 3 amide bonds. The first kappa shape index (κ1) is 27.5. The summed E-state index contributed by atoms with van der Waals surface area (Å²) >= 11 is 1.57. The van der Waals surface area contributed by atoms with Crippen molar-refractivity contribution in [3.05, 3.63) is 35.9 Å². The molecule has 0 spiro atoms. The van der Waals surface area contributed by atoms with Crippen LogP contribution in [0.4, 0.5) is 0 Å². The van der Waals surface area contributed by atoms with Gasteiger partial charge in [-0.05, 0) is 42.8 Å². The smallest absolute Gasteiger partial charge is 0.302 e. The van der Waals surface area contributed by atoms with Crippen LogP contribution in [0.2, 0.25) is 0 Å². The first-order chi connectivity index (χ1) is 15.3. The van der Waals surface area contributed by atoms with Crippen LogP contribution in [-0.4, -0.2) is 60.9 Å². The molecule has 3 N–H and O–H groups in total. The Bertz CT molecular complexity index is 730. The van der Waals surface area contributed by atoms with Gasteiger partial charge in [-0.3, -0.25) is 19.2 Å². The van der Waals surface area contributed by atoms with E-state index in [4.69, 9.17) is 4.74 Å². The van der Waals surface area contributed by atoms with E-state index in [1.54, 1.807) is 11.8 Å². The highest BCUT2D eigenvalue weighted by atomic mass is 32.2. The van der Waals surface area contributed by atoms with Crippen molar-refractivity contribution in [2.45, 2.75) is 58.2 Å². The van der Waals surface area contributed by atoms with Gasteiger partial charge in [-0.2, -0.15) is 11.8 Å². The van der Waals surface area contributed by atoms with Gasteiger partial charge in [0.15, 0.2) is 0 Å². The molecule has 0 bridgehead atoms. The van der Waals surface area contributed by atoms with Crippen molar-refractivity contribution in [3.8, 4) is 0 Å². The molecule has 0 aliphatic carbocycles. The molecule has 0 unspecified atom stereocenters. The minimum Gasteiger partial charge on any atom is -0.464 e. The Labute approximate surface area is 194 Å². The van der Waals surface area contributed by atoms with Crippen LogP contribution in [0, 0.1) is 5.92 Å². The number of benzene rings is 1. The summed E-state index contributed by atoms with van der Waals surface area (Å²) in [6.07, 6.45) is 3.79. The van der Waals surface area contributed by atoms with Gasteiger partial charge in [0.25, 0.3) is 0 Å². The summed E-state index contributed by atoms with van der Waals surface area (Å²) in [4.78, 5) is 48.0. The summed E-state index contributed by atoms with van der Waals surface area (Å²) in [6.45, 7) is 5.27. The SMILES string of the molecule is CSCC[C@H](NC=O)C(=O)N[C@@H](CC(C)C)C(=O)N[C@H](COC(C)=O)Cc1ccccc1. The molecule has 3 atom stereocenters. The fourth-order valence-corrected chi connectivity index (χ4v) is 3.62. The van der Waals surface area contributed by atoms with Crippen molar-refractivity contribution >= 4 is 36.0 Å². The van der Waals surface area contributed by atoms with Crippen molar-refractivity contribution in [2.75, 3.05) is 18.6 Å². The van der Waals surface area contributed by atoms with Gasteiger partial charge in [0, 0.05) is 6.92 Å². The Morgan fingerprint density at radius 3 is 2.28 bits per heavy atom. The van der Waals surface area contributed by atoms with E-state index in [-0.39, 0.29) is 18.4 Å². The summed E-state index contributed by atoms with van der Waals surface area (Å²) < 4.78 is 5.14. The topological polar surface area (TPSA) is 114 Å². The van der Waals surface area contributed by atoms with E-state index in [9.17, 15) is 19.2 Å². The third kappa shape index (κ3) is 11.2. The van der Waals surface area contributed by atoms with E-state index in [0.717, 1.165) is 5.56 Å². The van der Waals surface area contributed by atoms with E-state index >= 15 is 0 Å². The molecule has 178 valence electrons. The minimum absolute atomic E-state index is 0.0291. The maximum absolute atomic E-state index is 13.1. The highest BCUT2D eigenvalue weighted by molar-refractivity contribution is 7.98. The lowest BCUT2D eigenvalue weighted by atomic mass is 10.0. The number of carbonyl (C=O) groups is 4. The van der Waals surface area contributed by atoms with Crippen LogP contribution in [0.15, 0.2) is 30.3 Å². The normalized spacial score (nSPS) is 13.5. The first-order valence-corrected chi connectivity index (χ1v) is 12.1. The maximum Gasteiger partial charge on any atom is 0.302 e. The maximum atomic E-state index is 13.1. The van der Waals surface area contributed by atoms with Crippen LogP contribution in [-0.2, 0) is 30.3 Å². The molecule has 8 nitrogen and oxygen atoms in total. The Balaban J connectivity index is 2.91. The Morgan fingerprint density at radius 2 is 1.72 bits per heavy atom. The second-order valence-corrected chi connectivity index (χ2v) is 8.99. The van der Waals surface area contributed by atoms with Gasteiger partial charge in [-0.25, -0.2) is 0 Å². The molecule has 0 fully saturated rings. The summed E-state index contributed by atoms with van der Waals surface area (Å²) in [5.41, 5.74) is 0.988. The van der Waals surface area contributed by atoms with Gasteiger partial charge in [0.1, 0.15) is 18.7 Å². The predicted octanol–water partition coefficient (Wildman–Crippen LogP) is 1.68. The van der Waals surface area contributed by atoms with Crippen molar-refractivity contribution in [1.82, 2.24) is 16.0 Å². The third-order valence-electron chi connectivity index (χ3n) is 4.70. The highest BCUT2D eigenvalue weighted by Crippen LogP contribution is 2.09. The lowest BCUT2D eigenvalue weighted by Crippen LogP contribution is -2.55. The zero-order valence-electron chi connectivity index (χ0n) is 19.3. The van der Waals surface area contributed by atoms with Crippen molar-refractivity contribution in [1.29, 1.82) is 0 Å². The van der Waals surface area contributed by atoms with Gasteiger partial charge < -0.3 is 20.7 Å². The third-order valence-corrected chi connectivity index (χ3v) is 5.34. The van der Waals surface area contributed by atoms with Crippen LogP contribution in [0.5, 0.6) is 0 Å². The summed E-state index contributed by atoms with van der Waals surface area (Å²) in [6, 6.07) is 7.64. The van der Waals surface area contributed by atoms with Crippen molar-refractivity contribution in [3.63, 3.8) is 0 Å². The average molecular weight is 466 g/mol. The Kier molecular flexibility index (Phi) is 13.1. The fourth-order valence-electron chi connectivity index (χ4n) is 3.15. The predicted molar refractivity (Wildman–Crippen MR) is 126 cm³/mol. The van der Waals surface area contributed by atoms with E-state index in [2.05, 4.69) is 16.0 Å². The molecule has 32 heavy (non-hydrogen) atoms.